The second kappa shape index (κ2) is 11.8. The molecule has 0 aliphatic heterocycles. The van der Waals surface area contributed by atoms with Crippen molar-refractivity contribution < 1.29 is 0 Å². The zero-order valence-corrected chi connectivity index (χ0v) is 31.4. The van der Waals surface area contributed by atoms with Crippen LogP contribution in [-0.4, -0.2) is 13.5 Å². The Morgan fingerprint density at radius 2 is 0.621 bits per heavy atom. The number of para-hydroxylation sites is 6. The molecule has 270 valence electrons. The molecule has 4 heterocycles. The molecular weight excluding hydrogens is 705 g/mol. The van der Waals surface area contributed by atoms with Crippen LogP contribution in [0.25, 0.3) is 93.1 Å². The van der Waals surface area contributed by atoms with Gasteiger partial charge in [0.1, 0.15) is 0 Å². The van der Waals surface area contributed by atoms with E-state index in [1.54, 1.807) is 0 Å². The third-order valence-electron chi connectivity index (χ3n) is 12.3. The Hall–Kier alpha value is -7.82. The minimum Gasteiger partial charge on any atom is -0.310 e. The van der Waals surface area contributed by atoms with Crippen molar-refractivity contribution in [2.75, 3.05) is 4.90 Å². The monoisotopic (exact) mass is 738 g/mol. The number of hydrogen-bond acceptors (Lipinski definition) is 1. The second-order valence-electron chi connectivity index (χ2n) is 15.4. The normalized spacial score (nSPS) is 12.1. The first-order valence-corrected chi connectivity index (χ1v) is 19.9. The fourth-order valence-electron chi connectivity index (χ4n) is 9.95. The molecule has 0 unspecified atom stereocenters. The van der Waals surface area contributed by atoms with Crippen LogP contribution >= 0.6 is 0 Å². The summed E-state index contributed by atoms with van der Waals surface area (Å²) in [6.07, 6.45) is 0. The fourth-order valence-corrected chi connectivity index (χ4v) is 9.95. The Balaban J connectivity index is 1.08. The molecule has 0 saturated carbocycles. The van der Waals surface area contributed by atoms with Crippen LogP contribution in [-0.2, 0) is 0 Å². The summed E-state index contributed by atoms with van der Waals surface area (Å²) in [5.74, 6) is 0. The van der Waals surface area contributed by atoms with Crippen molar-refractivity contribution in [1.29, 1.82) is 0 Å². The lowest BCUT2D eigenvalue weighted by Crippen LogP contribution is -2.11. The highest BCUT2D eigenvalue weighted by atomic mass is 15.2. The van der Waals surface area contributed by atoms with Crippen LogP contribution in [0, 0.1) is 0 Å². The van der Waals surface area contributed by atoms with Gasteiger partial charge in [0, 0.05) is 71.5 Å². The minimum absolute atomic E-state index is 1.08. The first kappa shape index (κ1) is 31.4. The predicted octanol–water partition coefficient (Wildman–Crippen LogP) is 14.5. The predicted molar refractivity (Wildman–Crippen MR) is 244 cm³/mol. The van der Waals surface area contributed by atoms with Gasteiger partial charge in [-0.25, -0.2) is 0 Å². The van der Waals surface area contributed by atoms with E-state index in [-0.39, 0.29) is 0 Å². The summed E-state index contributed by atoms with van der Waals surface area (Å²) < 4.78 is 7.28. The van der Waals surface area contributed by atoms with E-state index < -0.39 is 0 Å². The quantitative estimate of drug-likeness (QED) is 0.172. The van der Waals surface area contributed by atoms with E-state index >= 15 is 0 Å². The van der Waals surface area contributed by atoms with E-state index in [0.717, 1.165) is 28.4 Å². The molecule has 0 amide bonds. The summed E-state index contributed by atoms with van der Waals surface area (Å²) in [7, 11) is 0. The third kappa shape index (κ3) is 4.29. The molecule has 0 spiro atoms. The number of aromatic nitrogens is 3. The Labute approximate surface area is 333 Å². The van der Waals surface area contributed by atoms with Crippen LogP contribution in [0.3, 0.4) is 0 Å². The van der Waals surface area contributed by atoms with Gasteiger partial charge in [-0.2, -0.15) is 0 Å². The van der Waals surface area contributed by atoms with Crippen molar-refractivity contribution in [2.45, 2.75) is 0 Å². The highest BCUT2D eigenvalue weighted by molar-refractivity contribution is 6.23. The number of benzene rings is 9. The van der Waals surface area contributed by atoms with Crippen LogP contribution in [0.5, 0.6) is 0 Å². The van der Waals surface area contributed by atoms with Crippen LogP contribution < -0.4 is 4.90 Å². The van der Waals surface area contributed by atoms with Crippen molar-refractivity contribution in [2.24, 2.45) is 0 Å². The van der Waals surface area contributed by atoms with E-state index in [9.17, 15) is 0 Å². The van der Waals surface area contributed by atoms with E-state index in [2.05, 4.69) is 225 Å². The topological polar surface area (TPSA) is 17.5 Å². The van der Waals surface area contributed by atoms with Crippen molar-refractivity contribution in [3.8, 4) is 11.4 Å². The van der Waals surface area contributed by atoms with Gasteiger partial charge in [0.05, 0.1) is 38.6 Å². The number of rotatable bonds is 5. The zero-order chi connectivity index (χ0) is 37.9. The van der Waals surface area contributed by atoms with Crippen LogP contribution in [0.4, 0.5) is 17.1 Å². The molecule has 4 heteroatoms. The molecule has 0 saturated heterocycles. The maximum absolute atomic E-state index is 2.47. The number of hydrogen-bond donors (Lipinski definition) is 0. The molecule has 0 bridgehead atoms. The molecule has 0 aliphatic carbocycles. The van der Waals surface area contributed by atoms with Gasteiger partial charge >= 0.3 is 0 Å². The SMILES string of the molecule is c1cc(N(c2cccc(-n3c4ccccc4c4ccccc43)c2)c2ccc3c4cccc5c6ccccc6n(c3c2)c54)cc(-n2c3ccccc3c3ccccc32)c1. The van der Waals surface area contributed by atoms with Gasteiger partial charge in [-0.05, 0) is 78.9 Å². The summed E-state index contributed by atoms with van der Waals surface area (Å²) in [5.41, 5.74) is 14.0. The van der Waals surface area contributed by atoms with Crippen molar-refractivity contribution in [1.82, 2.24) is 13.5 Å². The molecule has 4 aromatic heterocycles. The molecule has 0 aliphatic rings. The lowest BCUT2D eigenvalue weighted by atomic mass is 10.1. The minimum atomic E-state index is 1.08. The fraction of sp³-hybridized carbons (Fsp3) is 0. The van der Waals surface area contributed by atoms with Gasteiger partial charge in [0.2, 0.25) is 0 Å². The van der Waals surface area contributed by atoms with Crippen molar-refractivity contribution >= 4 is 98.8 Å². The maximum Gasteiger partial charge on any atom is 0.0620 e. The molecular formula is C54H34N4. The molecule has 0 radical (unpaired) electrons. The summed E-state index contributed by atoms with van der Waals surface area (Å²) >= 11 is 0. The van der Waals surface area contributed by atoms with Crippen LogP contribution in [0.2, 0.25) is 0 Å². The Morgan fingerprint density at radius 1 is 0.259 bits per heavy atom. The van der Waals surface area contributed by atoms with E-state index in [1.165, 1.54) is 81.7 Å². The lowest BCUT2D eigenvalue weighted by molar-refractivity contribution is 1.16. The molecule has 58 heavy (non-hydrogen) atoms. The smallest absolute Gasteiger partial charge is 0.0620 e. The number of fused-ring (bicyclic) bond motifs is 12. The number of nitrogens with zero attached hydrogens (tertiary/aromatic N) is 4. The van der Waals surface area contributed by atoms with Gasteiger partial charge in [0.15, 0.2) is 0 Å². The molecule has 13 aromatic rings. The highest BCUT2D eigenvalue weighted by Gasteiger charge is 2.22. The Morgan fingerprint density at radius 3 is 1.10 bits per heavy atom. The summed E-state index contributed by atoms with van der Waals surface area (Å²) in [6, 6.07) is 75.5. The third-order valence-corrected chi connectivity index (χ3v) is 12.3. The molecule has 0 atom stereocenters. The summed E-state index contributed by atoms with van der Waals surface area (Å²) in [6.45, 7) is 0. The van der Waals surface area contributed by atoms with Gasteiger partial charge in [-0.1, -0.05) is 127 Å². The van der Waals surface area contributed by atoms with E-state index in [4.69, 9.17) is 0 Å². The average molecular weight is 739 g/mol. The van der Waals surface area contributed by atoms with Crippen molar-refractivity contribution in [3.05, 3.63) is 206 Å². The molecule has 0 N–H and O–H groups in total. The summed E-state index contributed by atoms with van der Waals surface area (Å²) in [4.78, 5) is 2.43. The standard InChI is InChI=1S/C54H34N4/c1-6-25-48-40(18-1)41-19-2-7-26-49(41)56(48)37-16-11-14-35(32-37)55(36-15-12-17-38(33-36)57-50-27-8-3-20-42(50)43-21-4-9-28-51(43)57)39-30-31-45-47-24-13-23-46-44-22-5-10-29-52(44)58(54(46)47)53(45)34-39/h1-34H. The van der Waals surface area contributed by atoms with Gasteiger partial charge in [-0.3, -0.25) is 0 Å². The highest BCUT2D eigenvalue weighted by Crippen LogP contribution is 2.44. The van der Waals surface area contributed by atoms with Crippen molar-refractivity contribution in [3.63, 3.8) is 0 Å². The first-order chi connectivity index (χ1) is 28.8. The molecule has 9 aromatic carbocycles. The molecule has 0 fully saturated rings. The van der Waals surface area contributed by atoms with Gasteiger partial charge in [-0.15, -0.1) is 0 Å². The van der Waals surface area contributed by atoms with E-state index in [0.29, 0.717) is 0 Å². The zero-order valence-electron chi connectivity index (χ0n) is 31.4. The van der Waals surface area contributed by atoms with E-state index in [1.807, 2.05) is 0 Å². The Bertz CT molecular complexity index is 3500. The van der Waals surface area contributed by atoms with Gasteiger partial charge < -0.3 is 18.4 Å². The first-order valence-electron chi connectivity index (χ1n) is 19.9. The number of anilines is 3. The van der Waals surface area contributed by atoms with Gasteiger partial charge in [0.25, 0.3) is 0 Å². The lowest BCUT2D eigenvalue weighted by Gasteiger charge is -2.27. The van der Waals surface area contributed by atoms with Crippen LogP contribution in [0.15, 0.2) is 206 Å². The second-order valence-corrected chi connectivity index (χ2v) is 15.4. The Kier molecular flexibility index (Phi) is 6.41. The summed E-state index contributed by atoms with van der Waals surface area (Å²) in [5, 5.41) is 10.1. The largest absolute Gasteiger partial charge is 0.310 e. The van der Waals surface area contributed by atoms with Crippen LogP contribution in [0.1, 0.15) is 0 Å². The maximum atomic E-state index is 2.47. The molecule has 4 nitrogen and oxygen atoms in total. The average Bonchev–Trinajstić information content (AvgIpc) is 4.01. The molecule has 13 rings (SSSR count).